The summed E-state index contributed by atoms with van der Waals surface area (Å²) in [5, 5.41) is 7.94. The van der Waals surface area contributed by atoms with Crippen molar-refractivity contribution in [2.75, 3.05) is 0 Å². The molecule has 1 aromatic heterocycles. The van der Waals surface area contributed by atoms with Gasteiger partial charge < -0.3 is 4.74 Å². The van der Waals surface area contributed by atoms with Crippen molar-refractivity contribution in [2.45, 2.75) is 63.9 Å². The van der Waals surface area contributed by atoms with Gasteiger partial charge in [-0.2, -0.15) is 5.26 Å². The highest BCUT2D eigenvalue weighted by Gasteiger charge is 2.64. The van der Waals surface area contributed by atoms with Crippen molar-refractivity contribution in [2.24, 2.45) is 17.8 Å². The molecule has 7 nitrogen and oxygen atoms in total. The van der Waals surface area contributed by atoms with E-state index in [1.54, 1.807) is 70.3 Å². The Morgan fingerprint density at radius 2 is 1.89 bits per heavy atom. The molecule has 1 aliphatic heterocycles. The maximum atomic E-state index is 15.1. The van der Waals surface area contributed by atoms with Gasteiger partial charge in [0.1, 0.15) is 5.60 Å². The Morgan fingerprint density at radius 3 is 2.50 bits per heavy atom. The third-order valence-corrected chi connectivity index (χ3v) is 9.66. The van der Waals surface area contributed by atoms with Gasteiger partial charge in [-0.05, 0) is 51.8 Å². The molecular formula is C28H31F2N3O4S. The van der Waals surface area contributed by atoms with Crippen LogP contribution in [0.25, 0.3) is 17.2 Å². The van der Waals surface area contributed by atoms with Crippen LogP contribution in [0, 0.1) is 29.1 Å². The van der Waals surface area contributed by atoms with E-state index in [0.717, 1.165) is 11.1 Å². The fraction of sp³-hybridized carbons (Fsp3) is 0.464. The molecule has 0 N–H and O–H groups in total. The summed E-state index contributed by atoms with van der Waals surface area (Å²) in [6.07, 6.45) is 2.90. The third kappa shape index (κ3) is 5.04. The maximum absolute atomic E-state index is 15.1. The van der Waals surface area contributed by atoms with Crippen LogP contribution in [0.3, 0.4) is 0 Å². The van der Waals surface area contributed by atoms with Crippen LogP contribution in [0.15, 0.2) is 48.7 Å². The number of allylic oxidation sites excluding steroid dienone is 1. The number of halogens is 2. The first-order valence-electron chi connectivity index (χ1n) is 12.4. The molecular weight excluding hydrogens is 512 g/mol. The van der Waals surface area contributed by atoms with Crippen LogP contribution in [0.1, 0.15) is 52.3 Å². The van der Waals surface area contributed by atoms with Crippen LogP contribution in [0.4, 0.5) is 13.6 Å². The third-order valence-electron chi connectivity index (χ3n) is 7.38. The maximum Gasteiger partial charge on any atom is 0.424 e. The van der Waals surface area contributed by atoms with Crippen LogP contribution in [0.5, 0.6) is 0 Å². The van der Waals surface area contributed by atoms with Crippen molar-refractivity contribution in [1.29, 1.82) is 5.26 Å². The molecule has 1 saturated carbocycles. The number of hydrogen-bond acceptors (Lipinski definition) is 6. The molecule has 4 rings (SSSR count). The number of amides is 1. The molecule has 1 saturated heterocycles. The molecule has 2 aromatic rings. The van der Waals surface area contributed by atoms with Gasteiger partial charge in [0.2, 0.25) is 10.0 Å². The molecule has 202 valence electrons. The van der Waals surface area contributed by atoms with Gasteiger partial charge in [-0.25, -0.2) is 26.3 Å². The predicted octanol–water partition coefficient (Wildman–Crippen LogP) is 5.88. The second-order valence-electron chi connectivity index (χ2n) is 11.0. The van der Waals surface area contributed by atoms with Crippen LogP contribution < -0.4 is 0 Å². The number of hydrogen-bond donors (Lipinski definition) is 0. The number of fused-ring (bicyclic) bond motifs is 1. The molecule has 0 unspecified atom stereocenters. The molecule has 1 amide bonds. The minimum absolute atomic E-state index is 0.498. The number of sulfonamides is 1. The van der Waals surface area contributed by atoms with Gasteiger partial charge in [-0.15, -0.1) is 0 Å². The van der Waals surface area contributed by atoms with Crippen LogP contribution in [0.2, 0.25) is 0 Å². The fourth-order valence-electron chi connectivity index (χ4n) is 5.50. The van der Waals surface area contributed by atoms with E-state index in [2.05, 4.69) is 11.1 Å². The summed E-state index contributed by atoms with van der Waals surface area (Å²) < 4.78 is 62.9. The lowest BCUT2D eigenvalue weighted by Crippen LogP contribution is -2.49. The largest absolute Gasteiger partial charge is 0.443 e. The molecule has 2 aliphatic rings. The van der Waals surface area contributed by atoms with Gasteiger partial charge in [0.05, 0.1) is 28.6 Å². The van der Waals surface area contributed by atoms with E-state index in [1.807, 2.05) is 12.1 Å². The molecule has 0 spiro atoms. The zero-order valence-electron chi connectivity index (χ0n) is 21.9. The summed E-state index contributed by atoms with van der Waals surface area (Å²) >= 11 is 0. The fourth-order valence-corrected chi connectivity index (χ4v) is 7.88. The smallest absolute Gasteiger partial charge is 0.424 e. The van der Waals surface area contributed by atoms with E-state index >= 15 is 8.78 Å². The van der Waals surface area contributed by atoms with Gasteiger partial charge in [-0.3, -0.25) is 4.98 Å². The normalized spacial score (nSPS) is 28.1. The average Bonchev–Trinajstić information content (AvgIpc) is 3.02. The lowest BCUT2D eigenvalue weighted by molar-refractivity contribution is -0.108. The highest BCUT2D eigenvalue weighted by Crippen LogP contribution is 2.53. The van der Waals surface area contributed by atoms with Crippen molar-refractivity contribution >= 4 is 22.2 Å². The SMILES string of the molecule is C[C@@H]1[C@H]2[C@@H](C=Cc3ccc(-c4ccccc4C#N)cn3)[C@H](C)C(F)(F)C[C@H]2S(=O)(=O)N1C(=O)OC(C)(C)C. The molecule has 2 heterocycles. The Bertz CT molecular complexity index is 1390. The predicted molar refractivity (Wildman–Crippen MR) is 139 cm³/mol. The molecule has 0 bridgehead atoms. The standard InChI is InChI=1S/C28H31F2N3O4S/c1-17-22(13-12-21-11-10-20(16-32-21)23-9-7-6-8-19(23)15-31)25-18(2)33(26(34)37-27(3,4)5)38(35,36)24(25)14-28(17,29)30/h6-13,16-18,22,24-25H,14H2,1-5H3/t17-,18+,22-,24+,25-/m0/s1. The Labute approximate surface area is 222 Å². The Balaban J connectivity index is 1.65. The van der Waals surface area contributed by atoms with Crippen molar-refractivity contribution in [3.63, 3.8) is 0 Å². The number of nitrogens with zero attached hydrogens (tertiary/aromatic N) is 3. The number of carbonyl (C=O) groups is 1. The van der Waals surface area contributed by atoms with Crippen LogP contribution in [-0.4, -0.2) is 46.6 Å². The first-order chi connectivity index (χ1) is 17.7. The van der Waals surface area contributed by atoms with Gasteiger partial charge in [0.15, 0.2) is 0 Å². The first kappa shape index (κ1) is 27.7. The van der Waals surface area contributed by atoms with Gasteiger partial charge in [0.25, 0.3) is 5.92 Å². The quantitative estimate of drug-likeness (QED) is 0.479. The van der Waals surface area contributed by atoms with Crippen molar-refractivity contribution < 1.29 is 26.7 Å². The number of rotatable bonds is 3. The minimum atomic E-state index is -4.36. The number of carbonyl (C=O) groups excluding carboxylic acids is 1. The molecule has 5 atom stereocenters. The van der Waals surface area contributed by atoms with Crippen LogP contribution >= 0.6 is 0 Å². The number of pyridine rings is 1. The average molecular weight is 544 g/mol. The topological polar surface area (TPSA) is 100 Å². The van der Waals surface area contributed by atoms with E-state index in [4.69, 9.17) is 4.74 Å². The zero-order valence-corrected chi connectivity index (χ0v) is 22.7. The monoisotopic (exact) mass is 543 g/mol. The number of aromatic nitrogens is 1. The lowest BCUT2D eigenvalue weighted by Gasteiger charge is -2.41. The molecule has 1 aliphatic carbocycles. The van der Waals surface area contributed by atoms with Crippen molar-refractivity contribution in [3.8, 4) is 17.2 Å². The molecule has 1 aromatic carbocycles. The minimum Gasteiger partial charge on any atom is -0.443 e. The molecule has 2 fully saturated rings. The van der Waals surface area contributed by atoms with E-state index in [9.17, 15) is 18.5 Å². The Hall–Kier alpha value is -3.32. The zero-order chi connectivity index (χ0) is 28.0. The van der Waals surface area contributed by atoms with E-state index < -0.39 is 63.1 Å². The number of ether oxygens (including phenoxy) is 1. The molecule has 10 heteroatoms. The summed E-state index contributed by atoms with van der Waals surface area (Å²) in [7, 11) is -4.36. The second-order valence-corrected chi connectivity index (χ2v) is 13.0. The number of alkyl halides is 2. The van der Waals surface area contributed by atoms with Crippen molar-refractivity contribution in [1.82, 2.24) is 9.29 Å². The summed E-state index contributed by atoms with van der Waals surface area (Å²) in [6.45, 7) is 7.83. The van der Waals surface area contributed by atoms with E-state index in [1.165, 1.54) is 6.92 Å². The highest BCUT2D eigenvalue weighted by atomic mass is 32.2. The Kier molecular flexibility index (Phi) is 7.12. The summed E-state index contributed by atoms with van der Waals surface area (Å²) in [5.74, 6) is -5.97. The van der Waals surface area contributed by atoms with E-state index in [-0.39, 0.29) is 0 Å². The Morgan fingerprint density at radius 1 is 1.21 bits per heavy atom. The van der Waals surface area contributed by atoms with E-state index in [0.29, 0.717) is 15.6 Å². The van der Waals surface area contributed by atoms with Gasteiger partial charge >= 0.3 is 6.09 Å². The van der Waals surface area contributed by atoms with Gasteiger partial charge in [0, 0.05) is 35.6 Å². The van der Waals surface area contributed by atoms with Crippen molar-refractivity contribution in [3.05, 3.63) is 59.9 Å². The summed E-state index contributed by atoms with van der Waals surface area (Å²) in [4.78, 5) is 17.2. The lowest BCUT2D eigenvalue weighted by atomic mass is 9.68. The highest BCUT2D eigenvalue weighted by molar-refractivity contribution is 7.90. The van der Waals surface area contributed by atoms with Gasteiger partial charge in [-0.1, -0.05) is 37.3 Å². The molecule has 38 heavy (non-hydrogen) atoms. The first-order valence-corrected chi connectivity index (χ1v) is 14.0. The number of benzene rings is 1. The van der Waals surface area contributed by atoms with Crippen LogP contribution in [-0.2, 0) is 14.8 Å². The second kappa shape index (κ2) is 9.77. The molecule has 0 radical (unpaired) electrons. The summed E-state index contributed by atoms with van der Waals surface area (Å²) in [5.41, 5.74) is 1.53. The number of nitriles is 1. The summed E-state index contributed by atoms with van der Waals surface area (Å²) in [6, 6.07) is 11.9.